The van der Waals surface area contributed by atoms with Crippen molar-refractivity contribution < 1.29 is 47.9 Å². The van der Waals surface area contributed by atoms with Gasteiger partial charge in [-0.1, -0.05) is 324 Å². The van der Waals surface area contributed by atoms with Crippen LogP contribution < -0.4 is 53.2 Å². The number of nitrogens with zero attached hydrogens (tertiary/aromatic N) is 4. The maximum atomic E-state index is 12.6. The lowest BCUT2D eigenvalue weighted by molar-refractivity contribution is -0.150. The zero-order chi connectivity index (χ0) is 93.3. The van der Waals surface area contributed by atoms with Crippen molar-refractivity contribution in [1.29, 1.82) is 0 Å². The van der Waals surface area contributed by atoms with Crippen LogP contribution in [0.1, 0.15) is 471 Å². The van der Waals surface area contributed by atoms with Gasteiger partial charge in [0.1, 0.15) is 30.0 Å². The molecule has 9 atom stereocenters. The molecule has 0 radical (unpaired) electrons. The molecule has 752 valence electrons. The minimum atomic E-state index is -0.247. The van der Waals surface area contributed by atoms with Crippen LogP contribution in [0.15, 0.2) is 0 Å². The lowest BCUT2D eigenvalue weighted by Gasteiger charge is -2.43. The molecule has 9 fully saturated rings. The van der Waals surface area contributed by atoms with E-state index >= 15 is 0 Å². The Hall–Kier alpha value is -5.30. The predicted octanol–water partition coefficient (Wildman–Crippen LogP) is 18.4. The van der Waals surface area contributed by atoms with E-state index in [1.165, 1.54) is 289 Å². The molecule has 130 heavy (non-hydrogen) atoms. The molecule has 9 aliphatic rings. The summed E-state index contributed by atoms with van der Waals surface area (Å²) in [6.45, 7) is 22.6. The van der Waals surface area contributed by atoms with Crippen molar-refractivity contribution in [3.8, 4) is 0 Å². The molecule has 0 aliphatic carbocycles. The maximum absolute atomic E-state index is 12.6. The van der Waals surface area contributed by atoms with Gasteiger partial charge in [0, 0.05) is 71.7 Å². The summed E-state index contributed by atoms with van der Waals surface area (Å²) in [6.07, 6.45) is 81.0. The standard InChI is InChI=1S/C22H41N3O2.C22H42N2O2.2C21H39N3O2.C20H37N3O2/c1-2-3-4-5-6-7-8-9-10-11-16-24-21(26)20-15-13-18-25(20)22(27)19-14-12-17-23-19;1-2-3-4-5-6-7-8-9-10-13-18-24-22(26)17-12-11-16-21(25)20-15-14-19-23-20;1-2-3-4-5-6-7-8-9-10-11-15-23-20(25)19-13-12-17-24(19)21(26)18-14-16-22-18;1-2-3-4-5-6-7-8-9-10-11-15-23-20(25)19-14-17-24(19)21(26)18-13-12-16-22-18;1-2-3-4-5-6-7-8-9-10-11-14-22-19(24)18-13-16-23(18)20(25)17-12-15-21-17/h19-20,23H,2-18H2,1H3,(H,24,26);20,23H,2-19H2,1H3,(H,24,26);2*18-19,22H,2-17H2,1H3,(H,23,25);17-18,21H,2-16H2,1H3,(H,22,24)/t19-,20-;20-;2*18-,19-;17-,18-/m00000/s1. The van der Waals surface area contributed by atoms with E-state index in [2.05, 4.69) is 87.8 Å². The van der Waals surface area contributed by atoms with Gasteiger partial charge in [-0.05, 0) is 168 Å². The van der Waals surface area contributed by atoms with Gasteiger partial charge in [-0.2, -0.15) is 0 Å². The van der Waals surface area contributed by atoms with Gasteiger partial charge >= 0.3 is 0 Å². The lowest BCUT2D eigenvalue weighted by Crippen LogP contribution is -2.64. The van der Waals surface area contributed by atoms with Crippen molar-refractivity contribution in [3.63, 3.8) is 0 Å². The van der Waals surface area contributed by atoms with Crippen LogP contribution in [0.25, 0.3) is 0 Å². The SMILES string of the molecule is CCCCCCCCCCCCNC(=O)CCCCC(=O)[C@@H]1CCCN1.CCCCCCCCCCCCNC(=O)[C@@H]1CCCN1C(=O)[C@@H]1CCCN1.CCCCCCCCCCCCNC(=O)[C@@H]1CCCN1C(=O)[C@@H]1CCN1.CCCCCCCCCCCCNC(=O)[C@@H]1CCN1C(=O)[C@@H]1CCCN1.CCCCCCCCCCCCNC(=O)[C@@H]1CCN1C(=O)[C@@H]1CCN1. The number of hydrogen-bond donors (Lipinski definition) is 10. The van der Waals surface area contributed by atoms with E-state index in [4.69, 9.17) is 0 Å². The number of nitrogens with one attached hydrogen (secondary N) is 10. The Morgan fingerprint density at radius 1 is 0.215 bits per heavy atom. The largest absolute Gasteiger partial charge is 0.356 e. The average molecular weight is 1830 g/mol. The third-order valence-corrected chi connectivity index (χ3v) is 28.5. The number of hydrogen-bond acceptors (Lipinski definition) is 15. The highest BCUT2D eigenvalue weighted by atomic mass is 16.2. The molecule has 0 aromatic carbocycles. The number of Topliss-reactive ketones (excluding diaryl/α,β-unsaturated/α-hetero) is 1. The quantitative estimate of drug-likeness (QED) is 0.0253. The first-order valence-corrected chi connectivity index (χ1v) is 55.5. The zero-order valence-electron chi connectivity index (χ0n) is 84.1. The van der Waals surface area contributed by atoms with Crippen LogP contribution in [-0.2, 0) is 47.9 Å². The topological polar surface area (TPSA) is 304 Å². The molecule has 0 aromatic heterocycles. The van der Waals surface area contributed by atoms with E-state index in [-0.39, 0.29) is 108 Å². The van der Waals surface area contributed by atoms with Gasteiger partial charge in [0.05, 0.1) is 30.2 Å². The molecule has 0 spiro atoms. The predicted molar refractivity (Wildman–Crippen MR) is 533 cm³/mol. The molecular weight excluding hydrogens is 1630 g/mol. The minimum Gasteiger partial charge on any atom is -0.356 e. The van der Waals surface area contributed by atoms with Crippen LogP contribution in [0.3, 0.4) is 0 Å². The van der Waals surface area contributed by atoms with Crippen LogP contribution in [0.2, 0.25) is 0 Å². The van der Waals surface area contributed by atoms with E-state index in [9.17, 15) is 47.9 Å². The summed E-state index contributed by atoms with van der Waals surface area (Å²) in [4.78, 5) is 130. The molecule has 9 aliphatic heterocycles. The second kappa shape index (κ2) is 76.8. The summed E-state index contributed by atoms with van der Waals surface area (Å²) in [6, 6.07) is -1.09. The summed E-state index contributed by atoms with van der Waals surface area (Å²) < 4.78 is 0. The summed E-state index contributed by atoms with van der Waals surface area (Å²) in [5.41, 5.74) is 0. The number of carbonyl (C=O) groups excluding carboxylic acids is 10. The Morgan fingerprint density at radius 3 is 0.662 bits per heavy atom. The van der Waals surface area contributed by atoms with E-state index in [1.54, 1.807) is 14.7 Å². The molecule has 0 saturated carbocycles. The summed E-state index contributed by atoms with van der Waals surface area (Å²) >= 11 is 0. The number of amides is 9. The van der Waals surface area contributed by atoms with Gasteiger partial charge in [-0.25, -0.2) is 0 Å². The smallest absolute Gasteiger partial charge is 0.242 e. The molecule has 9 rings (SSSR count). The lowest BCUT2D eigenvalue weighted by atomic mass is 9.97. The van der Waals surface area contributed by atoms with Crippen molar-refractivity contribution in [2.75, 3.05) is 91.6 Å². The Labute approximate surface area is 792 Å². The molecule has 24 nitrogen and oxygen atoms in total. The van der Waals surface area contributed by atoms with Gasteiger partial charge in [-0.15, -0.1) is 0 Å². The highest BCUT2D eigenvalue weighted by Crippen LogP contribution is 2.27. The third-order valence-electron chi connectivity index (χ3n) is 28.5. The first kappa shape index (κ1) is 115. The van der Waals surface area contributed by atoms with Crippen molar-refractivity contribution >= 4 is 58.9 Å². The minimum absolute atomic E-state index is 0.0369. The number of ketones is 1. The molecule has 10 N–H and O–H groups in total. The van der Waals surface area contributed by atoms with Gasteiger partial charge in [0.25, 0.3) is 0 Å². The second-order valence-electron chi connectivity index (χ2n) is 39.7. The Morgan fingerprint density at radius 2 is 0.431 bits per heavy atom. The third kappa shape index (κ3) is 50.5. The fourth-order valence-corrected chi connectivity index (χ4v) is 19.5. The van der Waals surface area contributed by atoms with E-state index in [0.29, 0.717) is 18.6 Å². The van der Waals surface area contributed by atoms with E-state index in [1.807, 2.05) is 4.90 Å². The van der Waals surface area contributed by atoms with Gasteiger partial charge < -0.3 is 72.8 Å². The van der Waals surface area contributed by atoms with Crippen molar-refractivity contribution in [2.24, 2.45) is 0 Å². The summed E-state index contributed by atoms with van der Waals surface area (Å²) in [5, 5.41) is 31.2. The van der Waals surface area contributed by atoms with Crippen molar-refractivity contribution in [1.82, 2.24) is 72.8 Å². The van der Waals surface area contributed by atoms with Crippen LogP contribution in [0.4, 0.5) is 0 Å². The molecule has 24 heteroatoms. The average Bonchev–Trinajstić information content (AvgIpc) is 0.981. The van der Waals surface area contributed by atoms with Gasteiger partial charge in [-0.3, -0.25) is 47.9 Å². The highest BCUT2D eigenvalue weighted by Gasteiger charge is 2.44. The van der Waals surface area contributed by atoms with Gasteiger partial charge in [0.2, 0.25) is 53.2 Å². The second-order valence-corrected chi connectivity index (χ2v) is 39.7. The van der Waals surface area contributed by atoms with Crippen LogP contribution in [-0.4, -0.2) is 225 Å². The summed E-state index contributed by atoms with van der Waals surface area (Å²) in [7, 11) is 0. The van der Waals surface area contributed by atoms with Gasteiger partial charge in [0.15, 0.2) is 0 Å². The normalized spacial score (nSPS) is 21.2. The number of carbonyl (C=O) groups is 10. The van der Waals surface area contributed by atoms with Crippen molar-refractivity contribution in [2.45, 2.75) is 526 Å². The Balaban J connectivity index is 0.000000288. The van der Waals surface area contributed by atoms with Crippen LogP contribution in [0, 0.1) is 0 Å². The number of rotatable bonds is 69. The molecule has 9 amide bonds. The fourth-order valence-electron chi connectivity index (χ4n) is 19.5. The molecule has 9 heterocycles. The molecule has 0 unspecified atom stereocenters. The highest BCUT2D eigenvalue weighted by molar-refractivity contribution is 5.94. The molecular formula is C106H198N14O10. The molecule has 0 bridgehead atoms. The Kier molecular flexibility index (Phi) is 68.1. The van der Waals surface area contributed by atoms with E-state index < -0.39 is 0 Å². The maximum Gasteiger partial charge on any atom is 0.242 e. The van der Waals surface area contributed by atoms with Crippen LogP contribution >= 0.6 is 0 Å². The first-order chi connectivity index (χ1) is 63.7. The Bertz CT molecular complexity index is 2940. The van der Waals surface area contributed by atoms with E-state index in [0.717, 1.165) is 226 Å². The fraction of sp³-hybridized carbons (Fsp3) is 0.906. The monoisotopic (exact) mass is 1830 g/mol. The number of unbranched alkanes of at least 4 members (excludes halogenated alkanes) is 46. The van der Waals surface area contributed by atoms with Crippen LogP contribution in [0.5, 0.6) is 0 Å². The zero-order valence-corrected chi connectivity index (χ0v) is 84.1. The molecule has 9 saturated heterocycles. The summed E-state index contributed by atoms with van der Waals surface area (Å²) in [5.74, 6) is 1.12. The molecule has 0 aromatic rings. The van der Waals surface area contributed by atoms with Crippen molar-refractivity contribution in [3.05, 3.63) is 0 Å². The number of likely N-dealkylation sites (tertiary alicyclic amines) is 4. The first-order valence-electron chi connectivity index (χ1n) is 55.5.